The zero-order valence-corrected chi connectivity index (χ0v) is 13.6. The maximum absolute atomic E-state index is 2.35. The Hall–Kier alpha value is 0.123. The fourth-order valence-electron chi connectivity index (χ4n) is 1.98. The van der Waals surface area contributed by atoms with Gasteiger partial charge in [0.25, 0.3) is 0 Å². The molecular formula is C13H9Cl2SZr. The Bertz CT molecular complexity index is 520. The summed E-state index contributed by atoms with van der Waals surface area (Å²) in [6, 6.07) is 13.1. The normalized spacial score (nSPS) is 16.6. The van der Waals surface area contributed by atoms with Gasteiger partial charge < -0.3 is 24.8 Å². The number of hydrogen-bond donors (Lipinski definition) is 0. The van der Waals surface area contributed by atoms with Crippen molar-refractivity contribution in [3.63, 3.8) is 0 Å². The maximum atomic E-state index is 2.35. The summed E-state index contributed by atoms with van der Waals surface area (Å²) in [6.45, 7) is 0. The quantitative estimate of drug-likeness (QED) is 0.547. The number of fused-ring (bicyclic) bond motifs is 1. The Kier molecular flexibility index (Phi) is 5.66. The van der Waals surface area contributed by atoms with Gasteiger partial charge in [0.1, 0.15) is 0 Å². The van der Waals surface area contributed by atoms with E-state index in [0.29, 0.717) is 3.63 Å². The van der Waals surface area contributed by atoms with E-state index in [1.54, 1.807) is 24.7 Å². The van der Waals surface area contributed by atoms with Crippen molar-refractivity contribution in [2.24, 2.45) is 0 Å². The van der Waals surface area contributed by atoms with Crippen LogP contribution in [-0.2, 0) is 24.7 Å². The van der Waals surface area contributed by atoms with Crippen LogP contribution in [0, 0.1) is 0 Å². The van der Waals surface area contributed by atoms with Crippen LogP contribution in [-0.4, -0.2) is 0 Å². The summed E-state index contributed by atoms with van der Waals surface area (Å²) < 4.78 is 0.632. The van der Waals surface area contributed by atoms with Gasteiger partial charge in [-0.1, -0.05) is 0 Å². The van der Waals surface area contributed by atoms with Crippen LogP contribution in [0.15, 0.2) is 41.8 Å². The van der Waals surface area contributed by atoms with E-state index in [1.807, 2.05) is 11.3 Å². The molecule has 1 aromatic carbocycles. The molecule has 1 unspecified atom stereocenters. The molecule has 0 N–H and O–H groups in total. The Morgan fingerprint density at radius 2 is 1.76 bits per heavy atom. The molecule has 3 rings (SSSR count). The zero-order valence-electron chi connectivity index (χ0n) is 8.86. The van der Waals surface area contributed by atoms with Gasteiger partial charge in [0.15, 0.2) is 0 Å². The second-order valence-electron chi connectivity index (χ2n) is 3.64. The molecule has 0 aliphatic heterocycles. The number of rotatable bonds is 1. The Morgan fingerprint density at radius 3 is 2.41 bits per heavy atom. The number of benzene rings is 1. The van der Waals surface area contributed by atoms with Crippen LogP contribution in [0.3, 0.4) is 0 Å². The third-order valence-electron chi connectivity index (χ3n) is 2.73. The first-order valence-corrected chi connectivity index (χ1v) is 7.21. The first kappa shape index (κ1) is 15.2. The van der Waals surface area contributed by atoms with Gasteiger partial charge in [0, 0.05) is 0 Å². The SMILES string of the molecule is [Cl-].[Cl-].[Zr+2][CH]1C(c2cccs2)=Cc2ccccc21. The summed E-state index contributed by atoms with van der Waals surface area (Å²) in [5.41, 5.74) is 4.41. The first-order chi connectivity index (χ1) is 7.36. The second kappa shape index (κ2) is 6.34. The van der Waals surface area contributed by atoms with Gasteiger partial charge in [-0.25, -0.2) is 0 Å². The summed E-state index contributed by atoms with van der Waals surface area (Å²) in [6.07, 6.45) is 2.35. The molecule has 1 aromatic heterocycles. The van der Waals surface area contributed by atoms with Crippen molar-refractivity contribution < 1.29 is 49.5 Å². The van der Waals surface area contributed by atoms with Crippen molar-refractivity contribution in [1.29, 1.82) is 0 Å². The van der Waals surface area contributed by atoms with Crippen molar-refractivity contribution >= 4 is 23.0 Å². The topological polar surface area (TPSA) is 0 Å². The molecule has 17 heavy (non-hydrogen) atoms. The van der Waals surface area contributed by atoms with E-state index in [2.05, 4.69) is 47.9 Å². The van der Waals surface area contributed by atoms with Crippen LogP contribution in [0.5, 0.6) is 0 Å². The van der Waals surface area contributed by atoms with Crippen LogP contribution < -0.4 is 24.8 Å². The average molecular weight is 359 g/mol. The second-order valence-corrected chi connectivity index (χ2v) is 6.01. The van der Waals surface area contributed by atoms with Crippen molar-refractivity contribution in [1.82, 2.24) is 0 Å². The van der Waals surface area contributed by atoms with Crippen LogP contribution in [0.1, 0.15) is 19.6 Å². The summed E-state index contributed by atoms with van der Waals surface area (Å²) in [7, 11) is 0. The van der Waals surface area contributed by atoms with Crippen molar-refractivity contribution in [3.8, 4) is 0 Å². The molecule has 0 saturated heterocycles. The van der Waals surface area contributed by atoms with E-state index >= 15 is 0 Å². The monoisotopic (exact) mass is 357 g/mol. The molecule has 0 fully saturated rings. The molecule has 1 atom stereocenters. The molecule has 0 nitrogen and oxygen atoms in total. The predicted octanol–water partition coefficient (Wildman–Crippen LogP) is -2.10. The van der Waals surface area contributed by atoms with Gasteiger partial charge >= 0.3 is 109 Å². The van der Waals surface area contributed by atoms with E-state index in [-0.39, 0.29) is 24.8 Å². The molecule has 4 heteroatoms. The fourth-order valence-corrected chi connectivity index (χ4v) is 4.24. The Labute approximate surface area is 133 Å². The average Bonchev–Trinajstić information content (AvgIpc) is 2.87. The van der Waals surface area contributed by atoms with E-state index < -0.39 is 0 Å². The molecule has 0 radical (unpaired) electrons. The van der Waals surface area contributed by atoms with E-state index in [9.17, 15) is 0 Å². The number of halogens is 2. The molecule has 85 valence electrons. The van der Waals surface area contributed by atoms with Crippen LogP contribution in [0.25, 0.3) is 11.6 Å². The predicted molar refractivity (Wildman–Crippen MR) is 61.4 cm³/mol. The molecule has 0 bridgehead atoms. The molecule has 0 saturated carbocycles. The molecule has 1 aliphatic carbocycles. The Morgan fingerprint density at radius 1 is 1.00 bits per heavy atom. The third kappa shape index (κ3) is 2.76. The fraction of sp³-hybridized carbons (Fsp3) is 0.0769. The molecule has 0 spiro atoms. The molecule has 1 heterocycles. The molecule has 2 aromatic rings. The van der Waals surface area contributed by atoms with Gasteiger partial charge in [-0.2, -0.15) is 0 Å². The van der Waals surface area contributed by atoms with E-state index in [1.165, 1.54) is 21.6 Å². The van der Waals surface area contributed by atoms with Gasteiger partial charge in [0.2, 0.25) is 0 Å². The van der Waals surface area contributed by atoms with Gasteiger partial charge in [-0.05, 0) is 0 Å². The zero-order chi connectivity index (χ0) is 10.3. The van der Waals surface area contributed by atoms with Gasteiger partial charge in [-0.3, -0.25) is 0 Å². The number of thiophene rings is 1. The van der Waals surface area contributed by atoms with Crippen LogP contribution >= 0.6 is 11.3 Å². The third-order valence-corrected chi connectivity index (χ3v) is 5.18. The van der Waals surface area contributed by atoms with Crippen LogP contribution in [0.4, 0.5) is 0 Å². The van der Waals surface area contributed by atoms with E-state index in [0.717, 1.165) is 0 Å². The minimum absolute atomic E-state index is 0. The summed E-state index contributed by atoms with van der Waals surface area (Å²) in [4.78, 5) is 1.42. The summed E-state index contributed by atoms with van der Waals surface area (Å²) >= 11 is 3.42. The number of allylic oxidation sites excluding steroid dienone is 1. The minimum atomic E-state index is 0. The summed E-state index contributed by atoms with van der Waals surface area (Å²) in [5.74, 6) is 0. The van der Waals surface area contributed by atoms with Crippen molar-refractivity contribution in [2.75, 3.05) is 0 Å². The molecule has 1 aliphatic rings. The van der Waals surface area contributed by atoms with Crippen molar-refractivity contribution in [3.05, 3.63) is 57.8 Å². The Balaban J connectivity index is 0.000000722. The molecular weight excluding hydrogens is 350 g/mol. The van der Waals surface area contributed by atoms with Gasteiger partial charge in [-0.15, -0.1) is 0 Å². The van der Waals surface area contributed by atoms with Gasteiger partial charge in [0.05, 0.1) is 0 Å². The van der Waals surface area contributed by atoms with Crippen molar-refractivity contribution in [2.45, 2.75) is 3.63 Å². The summed E-state index contributed by atoms with van der Waals surface area (Å²) in [5, 5.41) is 2.15. The van der Waals surface area contributed by atoms with Crippen LogP contribution in [0.2, 0.25) is 0 Å². The number of hydrogen-bond acceptors (Lipinski definition) is 1. The standard InChI is InChI=1S/C13H9S.2ClH.Zr/c1-2-5-11-9-12(8-10(11)4-1)13-6-3-7-14-13;;;/h1-9H;2*1H;/q;;;+2/p-2. The molecule has 0 amide bonds. The first-order valence-electron chi connectivity index (χ1n) is 4.92. The van der Waals surface area contributed by atoms with E-state index in [4.69, 9.17) is 0 Å².